The number of hydrogen-bond donors (Lipinski definition) is 1. The molecule has 0 aliphatic rings. The van der Waals surface area contributed by atoms with Gasteiger partial charge in [0.1, 0.15) is 5.82 Å². The van der Waals surface area contributed by atoms with E-state index in [-0.39, 0.29) is 34.5 Å². The van der Waals surface area contributed by atoms with Gasteiger partial charge in [-0.25, -0.2) is 13.8 Å². The molecule has 1 N–H and O–H groups in total. The number of halogens is 5. The van der Waals surface area contributed by atoms with Crippen LogP contribution in [0, 0.1) is 5.82 Å². The number of imidazole rings is 1. The molecule has 0 amide bonds. The summed E-state index contributed by atoms with van der Waals surface area (Å²) in [4.78, 5) is 34.2. The van der Waals surface area contributed by atoms with Gasteiger partial charge in [-0.1, -0.05) is 18.2 Å². The number of fused-ring (bicyclic) bond motifs is 1. The lowest BCUT2D eigenvalue weighted by atomic mass is 10.1. The Labute approximate surface area is 215 Å². The summed E-state index contributed by atoms with van der Waals surface area (Å²) in [5, 5.41) is 12.1. The summed E-state index contributed by atoms with van der Waals surface area (Å²) >= 11 is 5.90. The van der Waals surface area contributed by atoms with Crippen molar-refractivity contribution in [2.45, 2.75) is 32.0 Å². The van der Waals surface area contributed by atoms with Gasteiger partial charge >= 0.3 is 11.9 Å². The van der Waals surface area contributed by atoms with Gasteiger partial charge in [0.25, 0.3) is 5.56 Å². The Balaban J connectivity index is 1.52. The number of aromatic nitrogens is 8. The third-order valence-electron chi connectivity index (χ3n) is 5.64. The van der Waals surface area contributed by atoms with E-state index in [4.69, 9.17) is 11.6 Å². The summed E-state index contributed by atoms with van der Waals surface area (Å²) in [6.07, 6.45) is -5.64. The minimum atomic E-state index is -4.41. The van der Waals surface area contributed by atoms with Crippen molar-refractivity contribution in [1.29, 1.82) is 0 Å². The van der Waals surface area contributed by atoms with E-state index in [1.165, 1.54) is 29.1 Å². The number of aryl methyl sites for hydroxylation is 1. The smallest absolute Gasteiger partial charge is 0.323 e. The Morgan fingerprint density at radius 2 is 1.76 bits per heavy atom. The fourth-order valence-corrected chi connectivity index (χ4v) is 4.10. The van der Waals surface area contributed by atoms with Gasteiger partial charge in [0.2, 0.25) is 5.28 Å². The monoisotopic (exact) mass is 548 g/mol. The van der Waals surface area contributed by atoms with Gasteiger partial charge in [0.05, 0.1) is 11.4 Å². The average molecular weight is 549 g/mol. The highest BCUT2D eigenvalue weighted by atomic mass is 35.5. The third-order valence-corrected chi connectivity index (χ3v) is 5.82. The second-order valence-corrected chi connectivity index (χ2v) is 8.70. The number of hydrogen-bond acceptors (Lipinski definition) is 6. The molecule has 0 fully saturated rings. The molecule has 196 valence electrons. The summed E-state index contributed by atoms with van der Waals surface area (Å²) < 4.78 is 53.1. The highest BCUT2D eigenvalue weighted by molar-refractivity contribution is 6.29. The summed E-state index contributed by atoms with van der Waals surface area (Å²) in [5.41, 5.74) is -0.685. The highest BCUT2D eigenvalue weighted by Gasteiger charge is 2.27. The molecule has 3 aromatic heterocycles. The third kappa shape index (κ3) is 5.20. The van der Waals surface area contributed by atoms with E-state index in [1.807, 2.05) is 0 Å². The van der Waals surface area contributed by atoms with Gasteiger partial charge in [-0.15, -0.1) is 15.0 Å². The zero-order chi connectivity index (χ0) is 27.0. The zero-order valence-electron chi connectivity index (χ0n) is 19.3. The Bertz CT molecular complexity index is 1740. The van der Waals surface area contributed by atoms with Gasteiger partial charge in [-0.05, 0) is 59.1 Å². The minimum Gasteiger partial charge on any atom is -0.323 e. The molecule has 10 nitrogen and oxygen atoms in total. The van der Waals surface area contributed by atoms with E-state index < -0.39 is 30.3 Å². The molecule has 0 atom stereocenters. The molecule has 2 aromatic carbocycles. The molecule has 5 aromatic rings. The van der Waals surface area contributed by atoms with Gasteiger partial charge in [0.15, 0.2) is 17.0 Å². The Morgan fingerprint density at radius 1 is 1.03 bits per heavy atom. The predicted octanol–water partition coefficient (Wildman–Crippen LogP) is 3.58. The van der Waals surface area contributed by atoms with Gasteiger partial charge in [-0.2, -0.15) is 18.2 Å². The van der Waals surface area contributed by atoms with Crippen LogP contribution in [0.3, 0.4) is 0 Å². The van der Waals surface area contributed by atoms with Gasteiger partial charge in [-0.3, -0.25) is 9.36 Å². The van der Waals surface area contributed by atoms with Gasteiger partial charge < -0.3 is 4.98 Å². The van der Waals surface area contributed by atoms with Crippen molar-refractivity contribution in [2.24, 2.45) is 0 Å². The number of aromatic amines is 1. The first-order valence-corrected chi connectivity index (χ1v) is 11.6. The molecule has 3 heterocycles. The molecule has 0 aliphatic heterocycles. The lowest BCUT2D eigenvalue weighted by molar-refractivity contribution is -0.135. The maximum Gasteiger partial charge on any atom is 0.389 e. The van der Waals surface area contributed by atoms with Crippen LogP contribution in [0.25, 0.3) is 22.5 Å². The minimum absolute atomic E-state index is 0.118. The van der Waals surface area contributed by atoms with Crippen molar-refractivity contribution < 1.29 is 17.6 Å². The summed E-state index contributed by atoms with van der Waals surface area (Å²) in [6.45, 7) is -0.340. The molecule has 38 heavy (non-hydrogen) atoms. The number of rotatable bonds is 7. The Morgan fingerprint density at radius 3 is 2.50 bits per heavy atom. The van der Waals surface area contributed by atoms with Crippen molar-refractivity contribution in [3.63, 3.8) is 0 Å². The fourth-order valence-electron chi connectivity index (χ4n) is 3.92. The van der Waals surface area contributed by atoms with Crippen molar-refractivity contribution in [3.8, 4) is 11.4 Å². The van der Waals surface area contributed by atoms with Crippen LogP contribution in [-0.2, 0) is 13.0 Å². The first-order chi connectivity index (χ1) is 18.1. The summed E-state index contributed by atoms with van der Waals surface area (Å²) in [7, 11) is 0. The van der Waals surface area contributed by atoms with Crippen LogP contribution >= 0.6 is 11.6 Å². The first-order valence-electron chi connectivity index (χ1n) is 11.2. The molecule has 0 bridgehead atoms. The number of nitrogens with zero attached hydrogens (tertiary/aromatic N) is 7. The summed E-state index contributed by atoms with van der Waals surface area (Å²) in [6, 6.07) is 11.9. The molecule has 0 unspecified atom stereocenters. The number of nitrogens with one attached hydrogen (secondary N) is 1. The molecule has 0 aliphatic carbocycles. The molecular weight excluding hydrogens is 532 g/mol. The standard InChI is InChI=1S/C23H17ClF4N8O2/c24-21-29-18-19(30-21)34(10-2-9-23(26,27)28)22(38)35(20(18)37)15-3-1-4-16(12-15)36-32-17(31-33-36)11-13-5-7-14(25)8-6-13/h1,3-8,12H,2,9-11H2,(H,29,30). The Kier molecular flexibility index (Phi) is 6.57. The van der Waals surface area contributed by atoms with Crippen molar-refractivity contribution in [1.82, 2.24) is 39.3 Å². The fraction of sp³-hybridized carbons (Fsp3) is 0.217. The predicted molar refractivity (Wildman–Crippen MR) is 128 cm³/mol. The van der Waals surface area contributed by atoms with E-state index >= 15 is 0 Å². The van der Waals surface area contributed by atoms with Crippen molar-refractivity contribution in [3.05, 3.63) is 91.9 Å². The number of benzene rings is 2. The maximum atomic E-state index is 13.3. The van der Waals surface area contributed by atoms with E-state index in [9.17, 15) is 27.2 Å². The van der Waals surface area contributed by atoms with Crippen LogP contribution < -0.4 is 11.2 Å². The molecule has 0 spiro atoms. The SMILES string of the molecule is O=c1c2[nH]c(Cl)nc2n(CCCC(F)(F)F)c(=O)n1-c1cccc(-n2nnc(Cc3ccc(F)cc3)n2)c1. The molecule has 0 radical (unpaired) electrons. The molecule has 0 saturated carbocycles. The average Bonchev–Trinajstić information content (AvgIpc) is 3.49. The van der Waals surface area contributed by atoms with E-state index in [0.29, 0.717) is 17.9 Å². The first kappa shape index (κ1) is 25.3. The highest BCUT2D eigenvalue weighted by Crippen LogP contribution is 2.22. The van der Waals surface area contributed by atoms with Crippen molar-refractivity contribution >= 4 is 22.8 Å². The summed E-state index contributed by atoms with van der Waals surface area (Å²) in [5.74, 6) is -0.0212. The molecule has 15 heteroatoms. The number of alkyl halides is 3. The van der Waals surface area contributed by atoms with Gasteiger partial charge in [0, 0.05) is 19.4 Å². The van der Waals surface area contributed by atoms with Crippen molar-refractivity contribution in [2.75, 3.05) is 0 Å². The quantitative estimate of drug-likeness (QED) is 0.245. The zero-order valence-corrected chi connectivity index (χ0v) is 20.0. The van der Waals surface area contributed by atoms with Crippen LogP contribution in [0.15, 0.2) is 58.1 Å². The van der Waals surface area contributed by atoms with Crippen LogP contribution in [0.5, 0.6) is 0 Å². The van der Waals surface area contributed by atoms with Crippen LogP contribution in [0.2, 0.25) is 5.28 Å². The molecule has 5 rings (SSSR count). The van der Waals surface area contributed by atoms with Crippen LogP contribution in [0.4, 0.5) is 17.6 Å². The molecular formula is C23H17ClF4N8O2. The Hall–Kier alpha value is -4.33. The number of H-pyrrole nitrogens is 1. The lowest BCUT2D eigenvalue weighted by Crippen LogP contribution is -2.39. The van der Waals surface area contributed by atoms with E-state index in [2.05, 4.69) is 25.4 Å². The van der Waals surface area contributed by atoms with Crippen LogP contribution in [0.1, 0.15) is 24.2 Å². The second-order valence-electron chi connectivity index (χ2n) is 8.34. The van der Waals surface area contributed by atoms with E-state index in [1.54, 1.807) is 24.3 Å². The van der Waals surface area contributed by atoms with E-state index in [0.717, 1.165) is 14.7 Å². The second kappa shape index (κ2) is 9.85. The largest absolute Gasteiger partial charge is 0.389 e. The maximum absolute atomic E-state index is 13.3. The normalized spacial score (nSPS) is 11.9. The van der Waals surface area contributed by atoms with Crippen LogP contribution in [-0.4, -0.2) is 45.5 Å². The molecule has 0 saturated heterocycles. The number of tetrazole rings is 1. The topological polar surface area (TPSA) is 116 Å². The lowest BCUT2D eigenvalue weighted by Gasteiger charge is -2.12.